The zero-order valence-corrected chi connectivity index (χ0v) is 19.9. The van der Waals surface area contributed by atoms with Crippen LogP contribution < -0.4 is 5.32 Å². The molecule has 2 aromatic carbocycles. The van der Waals surface area contributed by atoms with Crippen molar-refractivity contribution in [3.63, 3.8) is 0 Å². The summed E-state index contributed by atoms with van der Waals surface area (Å²) in [6, 6.07) is 14.2. The molecule has 0 aliphatic heterocycles. The largest absolute Gasteiger partial charge is 0.359 e. The number of anilines is 1. The third-order valence-corrected chi connectivity index (χ3v) is 5.63. The van der Waals surface area contributed by atoms with Gasteiger partial charge in [-0.25, -0.2) is 0 Å². The van der Waals surface area contributed by atoms with Gasteiger partial charge in [-0.2, -0.15) is 0 Å². The summed E-state index contributed by atoms with van der Waals surface area (Å²) < 4.78 is 0.787. The van der Waals surface area contributed by atoms with Crippen molar-refractivity contribution in [1.82, 2.24) is 0 Å². The molecule has 0 fully saturated rings. The van der Waals surface area contributed by atoms with Crippen LogP contribution in [0.25, 0.3) is 0 Å². The lowest BCUT2D eigenvalue weighted by Crippen LogP contribution is -2.37. The van der Waals surface area contributed by atoms with Gasteiger partial charge < -0.3 is 5.32 Å². The number of allylic oxidation sites excluding steroid dienone is 2. The van der Waals surface area contributed by atoms with E-state index in [1.807, 2.05) is 31.2 Å². The van der Waals surface area contributed by atoms with Gasteiger partial charge >= 0.3 is 0 Å². The Morgan fingerprint density at radius 2 is 1.29 bits per heavy atom. The molecule has 1 N–H and O–H groups in total. The number of aryl methyl sites for hydroxylation is 1. The molecule has 2 rings (SSSR count). The number of hydrogen-bond donors (Lipinski definition) is 1. The summed E-state index contributed by atoms with van der Waals surface area (Å²) >= 11 is 3.33. The molecule has 0 aliphatic rings. The summed E-state index contributed by atoms with van der Waals surface area (Å²) in [5, 5.41) is 3.16. The first-order chi connectivity index (χ1) is 14.5. The average Bonchev–Trinajstić information content (AvgIpc) is 2.68. The van der Waals surface area contributed by atoms with Gasteiger partial charge in [0.05, 0.1) is 11.8 Å². The van der Waals surface area contributed by atoms with E-state index in [4.69, 9.17) is 0 Å². The molecular weight excluding hydrogens is 458 g/mol. The molecule has 0 bridgehead atoms. The van der Waals surface area contributed by atoms with Crippen molar-refractivity contribution < 1.29 is 19.2 Å². The van der Waals surface area contributed by atoms with Crippen molar-refractivity contribution >= 4 is 44.8 Å². The maximum absolute atomic E-state index is 13.5. The third kappa shape index (κ3) is 6.07. The highest BCUT2D eigenvalue weighted by molar-refractivity contribution is 9.10. The lowest BCUT2D eigenvalue weighted by atomic mass is 9.74. The van der Waals surface area contributed by atoms with Gasteiger partial charge in [0.25, 0.3) is 0 Å². The summed E-state index contributed by atoms with van der Waals surface area (Å²) in [5.74, 6) is -4.19. The second kappa shape index (κ2) is 10.4. The highest BCUT2D eigenvalue weighted by atomic mass is 79.9. The van der Waals surface area contributed by atoms with E-state index >= 15 is 0 Å². The van der Waals surface area contributed by atoms with Crippen molar-refractivity contribution in [3.8, 4) is 0 Å². The first kappa shape index (κ1) is 24.4. The minimum Gasteiger partial charge on any atom is -0.359 e. The first-order valence-electron chi connectivity index (χ1n) is 9.89. The molecule has 0 spiro atoms. The molecule has 0 saturated heterocycles. The average molecular weight is 484 g/mol. The Morgan fingerprint density at radius 1 is 0.774 bits per heavy atom. The lowest BCUT2D eigenvalue weighted by molar-refractivity contribution is -0.131. The van der Waals surface area contributed by atoms with E-state index in [9.17, 15) is 19.2 Å². The van der Waals surface area contributed by atoms with Crippen molar-refractivity contribution in [2.24, 2.45) is 11.8 Å². The maximum atomic E-state index is 13.5. The Kier molecular flexibility index (Phi) is 8.22. The van der Waals surface area contributed by atoms with Gasteiger partial charge in [-0.3, -0.25) is 19.2 Å². The Morgan fingerprint density at radius 3 is 1.74 bits per heavy atom. The minimum atomic E-state index is -1.25. The van der Waals surface area contributed by atoms with E-state index in [0.29, 0.717) is 11.3 Å². The number of carbonyl (C=O) groups is 4. The zero-order chi connectivity index (χ0) is 23.3. The fourth-order valence-corrected chi connectivity index (χ4v) is 3.90. The first-order valence-corrected chi connectivity index (χ1v) is 10.7. The van der Waals surface area contributed by atoms with Gasteiger partial charge in [-0.1, -0.05) is 45.8 Å². The predicted molar refractivity (Wildman–Crippen MR) is 125 cm³/mol. The quantitative estimate of drug-likeness (QED) is 0.296. The predicted octanol–water partition coefficient (Wildman–Crippen LogP) is 5.33. The molecule has 0 heterocycles. The summed E-state index contributed by atoms with van der Waals surface area (Å²) in [6.45, 7) is 7.53. The number of halogens is 1. The van der Waals surface area contributed by atoms with Crippen LogP contribution in [-0.2, 0) is 14.4 Å². The molecule has 6 heteroatoms. The van der Waals surface area contributed by atoms with Gasteiger partial charge in [0.15, 0.2) is 11.6 Å². The van der Waals surface area contributed by atoms with E-state index in [1.165, 1.54) is 20.8 Å². The Balaban J connectivity index is 2.66. The molecule has 2 aromatic rings. The van der Waals surface area contributed by atoms with Crippen molar-refractivity contribution in [1.29, 1.82) is 0 Å². The number of ketones is 4. The molecule has 1 unspecified atom stereocenters. The van der Waals surface area contributed by atoms with E-state index in [0.717, 1.165) is 15.7 Å². The molecule has 5 nitrogen and oxygen atoms in total. The highest BCUT2D eigenvalue weighted by Crippen LogP contribution is 2.31. The van der Waals surface area contributed by atoms with Gasteiger partial charge in [-0.05, 0) is 58.9 Å². The second-order valence-corrected chi connectivity index (χ2v) is 8.55. The molecule has 0 aliphatic carbocycles. The smallest absolute Gasteiger partial charge is 0.171 e. The molecule has 31 heavy (non-hydrogen) atoms. The van der Waals surface area contributed by atoms with E-state index in [1.54, 1.807) is 31.2 Å². The fourth-order valence-electron chi connectivity index (χ4n) is 3.64. The van der Waals surface area contributed by atoms with E-state index in [2.05, 4.69) is 21.2 Å². The monoisotopic (exact) mass is 483 g/mol. The van der Waals surface area contributed by atoms with Gasteiger partial charge in [0, 0.05) is 27.0 Å². The van der Waals surface area contributed by atoms with Crippen LogP contribution in [-0.4, -0.2) is 23.1 Å². The van der Waals surface area contributed by atoms with E-state index in [-0.39, 0.29) is 11.4 Å². The lowest BCUT2D eigenvalue weighted by Gasteiger charge is -2.26. The molecule has 0 saturated carbocycles. The molecule has 0 radical (unpaired) electrons. The number of benzene rings is 2. The summed E-state index contributed by atoms with van der Waals surface area (Å²) in [6.07, 6.45) is 0. The third-order valence-electron chi connectivity index (χ3n) is 5.10. The topological polar surface area (TPSA) is 80.3 Å². The van der Waals surface area contributed by atoms with Gasteiger partial charge in [0.2, 0.25) is 0 Å². The summed E-state index contributed by atoms with van der Waals surface area (Å²) in [5.41, 5.74) is 2.69. The Labute approximate surface area is 191 Å². The SMILES string of the molecule is CC(=O)C(=C(C)Nc1ccc(C)cc1)C(C(=O)c1ccc(Br)cc1)C(C(C)=O)C(C)=O. The Bertz CT molecular complexity index is 1020. The standard InChI is InChI=1S/C25H26BrNO4/c1-14-6-12-21(13-7-14)27-15(2)22(16(3)28)24(23(17(4)29)18(5)30)25(31)19-8-10-20(26)11-9-19/h6-13,23-24,27H,1-5H3. The van der Waals surface area contributed by atoms with Crippen molar-refractivity contribution in [2.75, 3.05) is 5.32 Å². The van der Waals surface area contributed by atoms with Crippen LogP contribution in [0, 0.1) is 18.8 Å². The second-order valence-electron chi connectivity index (χ2n) is 7.63. The van der Waals surface area contributed by atoms with Crippen LogP contribution >= 0.6 is 15.9 Å². The molecule has 0 amide bonds. The number of nitrogens with one attached hydrogen (secondary N) is 1. The maximum Gasteiger partial charge on any atom is 0.171 e. The molecule has 0 aromatic heterocycles. The minimum absolute atomic E-state index is 0.129. The van der Waals surface area contributed by atoms with E-state index < -0.39 is 29.2 Å². The van der Waals surface area contributed by atoms with Crippen LogP contribution in [0.15, 0.2) is 64.3 Å². The fraction of sp³-hybridized carbons (Fsp3) is 0.280. The number of carbonyl (C=O) groups excluding carboxylic acids is 4. The van der Waals surface area contributed by atoms with Crippen LogP contribution in [0.3, 0.4) is 0 Å². The molecular formula is C25H26BrNO4. The number of Topliss-reactive ketones (excluding diaryl/α,β-unsaturated/α-hetero) is 4. The van der Waals surface area contributed by atoms with Gasteiger partial charge in [0.1, 0.15) is 11.6 Å². The number of hydrogen-bond acceptors (Lipinski definition) is 5. The molecule has 1 atom stereocenters. The van der Waals surface area contributed by atoms with Gasteiger partial charge in [-0.15, -0.1) is 0 Å². The van der Waals surface area contributed by atoms with Crippen molar-refractivity contribution in [3.05, 3.63) is 75.4 Å². The van der Waals surface area contributed by atoms with Crippen LogP contribution in [0.2, 0.25) is 0 Å². The normalized spacial score (nSPS) is 12.7. The van der Waals surface area contributed by atoms with Crippen molar-refractivity contribution in [2.45, 2.75) is 34.6 Å². The van der Waals surface area contributed by atoms with Crippen LogP contribution in [0.4, 0.5) is 5.69 Å². The number of rotatable bonds is 9. The zero-order valence-electron chi connectivity index (χ0n) is 18.3. The Hall–Kier alpha value is -2.86. The highest BCUT2D eigenvalue weighted by Gasteiger charge is 2.40. The summed E-state index contributed by atoms with van der Waals surface area (Å²) in [4.78, 5) is 51.1. The molecule has 162 valence electrons. The van der Waals surface area contributed by atoms with Crippen LogP contribution in [0.1, 0.15) is 43.6 Å². The van der Waals surface area contributed by atoms with Crippen LogP contribution in [0.5, 0.6) is 0 Å². The summed E-state index contributed by atoms with van der Waals surface area (Å²) in [7, 11) is 0.